The molecule has 0 bridgehead atoms. The third kappa shape index (κ3) is 3.84. The first-order valence-electron chi connectivity index (χ1n) is 6.96. The van der Waals surface area contributed by atoms with Crippen LogP contribution >= 0.6 is 23.2 Å². The summed E-state index contributed by atoms with van der Waals surface area (Å²) in [6, 6.07) is 2.84. The highest BCUT2D eigenvalue weighted by molar-refractivity contribution is 6.36. The number of hydrogen-bond acceptors (Lipinski definition) is 1. The van der Waals surface area contributed by atoms with E-state index in [0.717, 1.165) is 12.5 Å². The van der Waals surface area contributed by atoms with Gasteiger partial charge in [-0.1, -0.05) is 42.5 Å². The second-order valence-corrected chi connectivity index (χ2v) is 6.18. The van der Waals surface area contributed by atoms with E-state index in [-0.39, 0.29) is 11.1 Å². The van der Waals surface area contributed by atoms with Crippen LogP contribution in [0.25, 0.3) is 0 Å². The zero-order valence-corrected chi connectivity index (χ0v) is 12.7. The first kappa shape index (κ1) is 15.1. The van der Waals surface area contributed by atoms with E-state index in [9.17, 15) is 4.39 Å². The average Bonchev–Trinajstić information content (AvgIpc) is 2.42. The lowest BCUT2D eigenvalue weighted by atomic mass is 9.89. The third-order valence-corrected chi connectivity index (χ3v) is 4.66. The highest BCUT2D eigenvalue weighted by Crippen LogP contribution is 2.32. The smallest absolute Gasteiger partial charge is 0.142 e. The van der Waals surface area contributed by atoms with E-state index < -0.39 is 5.82 Å². The van der Waals surface area contributed by atoms with Gasteiger partial charge >= 0.3 is 0 Å². The first-order chi connectivity index (χ1) is 9.09. The summed E-state index contributed by atoms with van der Waals surface area (Å²) in [6.07, 6.45) is 6.56. The molecule has 106 valence electrons. The van der Waals surface area contributed by atoms with E-state index in [1.807, 2.05) is 6.92 Å². The molecule has 19 heavy (non-hydrogen) atoms. The molecular weight excluding hydrogens is 284 g/mol. The molecule has 1 aromatic rings. The third-order valence-electron chi connectivity index (χ3n) is 3.95. The number of benzene rings is 1. The van der Waals surface area contributed by atoms with Gasteiger partial charge in [0, 0.05) is 16.6 Å². The van der Waals surface area contributed by atoms with Crippen molar-refractivity contribution in [3.63, 3.8) is 0 Å². The van der Waals surface area contributed by atoms with Crippen molar-refractivity contribution in [2.24, 2.45) is 5.92 Å². The molecule has 1 aliphatic carbocycles. The van der Waals surface area contributed by atoms with Crippen LogP contribution in [0.4, 0.5) is 4.39 Å². The molecular formula is C15H20Cl2FN. The van der Waals surface area contributed by atoms with Gasteiger partial charge in [-0.05, 0) is 44.4 Å². The Morgan fingerprint density at radius 3 is 2.63 bits per heavy atom. The first-order valence-corrected chi connectivity index (χ1v) is 7.72. The van der Waals surface area contributed by atoms with Crippen LogP contribution in [-0.4, -0.2) is 6.54 Å². The lowest BCUT2D eigenvalue weighted by Crippen LogP contribution is -2.27. The van der Waals surface area contributed by atoms with E-state index in [0.29, 0.717) is 10.6 Å². The highest BCUT2D eigenvalue weighted by atomic mass is 35.5. The van der Waals surface area contributed by atoms with Gasteiger partial charge in [0.1, 0.15) is 5.82 Å². The van der Waals surface area contributed by atoms with Crippen molar-refractivity contribution >= 4 is 23.2 Å². The number of halogens is 3. The van der Waals surface area contributed by atoms with Crippen LogP contribution in [0.3, 0.4) is 0 Å². The largest absolute Gasteiger partial charge is 0.310 e. The molecule has 0 aromatic heterocycles. The second kappa shape index (κ2) is 6.92. The van der Waals surface area contributed by atoms with Crippen molar-refractivity contribution in [1.29, 1.82) is 0 Å². The maximum atomic E-state index is 13.5. The Hall–Kier alpha value is -0.310. The average molecular weight is 304 g/mol. The molecule has 1 nitrogen and oxygen atoms in total. The molecule has 1 aliphatic rings. The van der Waals surface area contributed by atoms with Crippen LogP contribution in [0.2, 0.25) is 10.0 Å². The fourth-order valence-electron chi connectivity index (χ4n) is 2.78. The molecule has 1 fully saturated rings. The predicted octanol–water partition coefficient (Wildman–Crippen LogP) is 5.36. The Kier molecular flexibility index (Phi) is 5.49. The molecule has 0 saturated heterocycles. The fourth-order valence-corrected chi connectivity index (χ4v) is 3.47. The lowest BCUT2D eigenvalue weighted by Gasteiger charge is -2.25. The second-order valence-electron chi connectivity index (χ2n) is 5.39. The molecule has 0 radical (unpaired) electrons. The van der Waals surface area contributed by atoms with Gasteiger partial charge in [-0.25, -0.2) is 4.39 Å². The number of rotatable bonds is 4. The van der Waals surface area contributed by atoms with Crippen LogP contribution in [0, 0.1) is 11.7 Å². The van der Waals surface area contributed by atoms with E-state index in [1.54, 1.807) is 6.07 Å². The molecule has 1 aromatic carbocycles. The van der Waals surface area contributed by atoms with Crippen LogP contribution in [-0.2, 0) is 0 Å². The van der Waals surface area contributed by atoms with E-state index in [4.69, 9.17) is 23.2 Å². The topological polar surface area (TPSA) is 12.0 Å². The fraction of sp³-hybridized carbons (Fsp3) is 0.600. The maximum absolute atomic E-state index is 13.5. The Morgan fingerprint density at radius 1 is 1.26 bits per heavy atom. The molecule has 0 spiro atoms. The van der Waals surface area contributed by atoms with Crippen LogP contribution in [0.5, 0.6) is 0 Å². The molecule has 4 heteroatoms. The molecule has 1 atom stereocenters. The summed E-state index contributed by atoms with van der Waals surface area (Å²) in [7, 11) is 0. The SMILES string of the molecule is CC(NCC1CCCCC1)c1c(Cl)ccc(F)c1Cl. The number of nitrogens with one attached hydrogen (secondary N) is 1. The minimum atomic E-state index is -0.410. The van der Waals surface area contributed by atoms with Crippen LogP contribution in [0.1, 0.15) is 50.6 Å². The maximum Gasteiger partial charge on any atom is 0.142 e. The normalized spacial score (nSPS) is 18.5. The summed E-state index contributed by atoms with van der Waals surface area (Å²) >= 11 is 12.1. The van der Waals surface area contributed by atoms with Crippen LogP contribution in [0.15, 0.2) is 12.1 Å². The van der Waals surface area contributed by atoms with Gasteiger partial charge in [0.2, 0.25) is 0 Å². The summed E-state index contributed by atoms with van der Waals surface area (Å²) in [5.74, 6) is 0.315. The molecule has 0 amide bonds. The molecule has 2 rings (SSSR count). The van der Waals surface area contributed by atoms with Crippen molar-refractivity contribution in [1.82, 2.24) is 5.32 Å². The highest BCUT2D eigenvalue weighted by Gasteiger charge is 2.19. The zero-order chi connectivity index (χ0) is 13.8. The van der Waals surface area contributed by atoms with Gasteiger partial charge < -0.3 is 5.32 Å². The molecule has 1 unspecified atom stereocenters. The van der Waals surface area contributed by atoms with Gasteiger partial charge in [0.25, 0.3) is 0 Å². The molecule has 0 heterocycles. The molecule has 1 N–H and O–H groups in total. The Balaban J connectivity index is 1.99. The van der Waals surface area contributed by atoms with Crippen molar-refractivity contribution in [2.45, 2.75) is 45.1 Å². The Bertz CT molecular complexity index is 430. The van der Waals surface area contributed by atoms with Gasteiger partial charge in [0.05, 0.1) is 5.02 Å². The van der Waals surface area contributed by atoms with E-state index in [2.05, 4.69) is 5.32 Å². The molecule has 0 aliphatic heterocycles. The number of hydrogen-bond donors (Lipinski definition) is 1. The minimum absolute atomic E-state index is 0.0300. The zero-order valence-electron chi connectivity index (χ0n) is 11.2. The predicted molar refractivity (Wildman–Crippen MR) is 79.4 cm³/mol. The van der Waals surface area contributed by atoms with Crippen molar-refractivity contribution in [3.05, 3.63) is 33.6 Å². The van der Waals surface area contributed by atoms with Crippen molar-refractivity contribution < 1.29 is 4.39 Å². The van der Waals surface area contributed by atoms with Crippen molar-refractivity contribution in [3.8, 4) is 0 Å². The van der Waals surface area contributed by atoms with E-state index >= 15 is 0 Å². The summed E-state index contributed by atoms with van der Waals surface area (Å²) in [4.78, 5) is 0. The summed E-state index contributed by atoms with van der Waals surface area (Å²) in [6.45, 7) is 2.93. The van der Waals surface area contributed by atoms with Gasteiger partial charge in [-0.3, -0.25) is 0 Å². The summed E-state index contributed by atoms with van der Waals surface area (Å²) < 4.78 is 13.5. The van der Waals surface area contributed by atoms with Crippen molar-refractivity contribution in [2.75, 3.05) is 6.54 Å². The van der Waals surface area contributed by atoms with Gasteiger partial charge in [0.15, 0.2) is 0 Å². The van der Waals surface area contributed by atoms with E-state index in [1.165, 1.54) is 38.2 Å². The lowest BCUT2D eigenvalue weighted by molar-refractivity contribution is 0.331. The Labute approximate surface area is 124 Å². The summed E-state index contributed by atoms with van der Waals surface area (Å²) in [5, 5.41) is 4.10. The monoisotopic (exact) mass is 303 g/mol. The quantitative estimate of drug-likeness (QED) is 0.738. The van der Waals surface area contributed by atoms with Gasteiger partial charge in [-0.2, -0.15) is 0 Å². The Morgan fingerprint density at radius 2 is 1.95 bits per heavy atom. The molecule has 1 saturated carbocycles. The van der Waals surface area contributed by atoms with Gasteiger partial charge in [-0.15, -0.1) is 0 Å². The minimum Gasteiger partial charge on any atom is -0.310 e. The van der Waals surface area contributed by atoms with Crippen LogP contribution < -0.4 is 5.32 Å². The summed E-state index contributed by atoms with van der Waals surface area (Å²) in [5.41, 5.74) is 0.666. The standard InChI is InChI=1S/C15H20Cl2FN/c1-10(19-9-11-5-3-2-4-6-11)14-12(16)7-8-13(18)15(14)17/h7-8,10-11,19H,2-6,9H2,1H3.